The molecule has 0 aliphatic carbocycles. The summed E-state index contributed by atoms with van der Waals surface area (Å²) in [6.07, 6.45) is 4.72. The van der Waals surface area contributed by atoms with E-state index >= 15 is 0 Å². The van der Waals surface area contributed by atoms with Crippen LogP contribution in [0.1, 0.15) is 10.4 Å². The first-order valence-electron chi connectivity index (χ1n) is 8.11. The molecule has 0 saturated carbocycles. The van der Waals surface area contributed by atoms with Gasteiger partial charge in [-0.05, 0) is 30.2 Å². The minimum absolute atomic E-state index is 0.574. The third-order valence-corrected chi connectivity index (χ3v) is 5.21. The van der Waals surface area contributed by atoms with Crippen LogP contribution in [0, 0.1) is 0 Å². The topological polar surface area (TPSA) is 42.7 Å². The number of halogens is 1. The summed E-state index contributed by atoms with van der Waals surface area (Å²) in [7, 11) is 0. The van der Waals surface area contributed by atoms with Crippen LogP contribution >= 0.6 is 22.9 Å². The van der Waals surface area contributed by atoms with Gasteiger partial charge in [0.1, 0.15) is 0 Å². The van der Waals surface area contributed by atoms with Crippen molar-refractivity contribution in [2.45, 2.75) is 19.5 Å². The largest absolute Gasteiger partial charge is 0.380 e. The molecule has 0 spiro atoms. The highest BCUT2D eigenvalue weighted by atomic mass is 35.5. The van der Waals surface area contributed by atoms with E-state index in [9.17, 15) is 0 Å². The van der Waals surface area contributed by atoms with Gasteiger partial charge in [-0.3, -0.25) is 0 Å². The van der Waals surface area contributed by atoms with Crippen molar-refractivity contribution in [3.8, 4) is 0 Å². The Labute approximate surface area is 155 Å². The second kappa shape index (κ2) is 7.25. The first-order chi connectivity index (χ1) is 12.3. The Balaban J connectivity index is 1.45. The molecule has 4 nitrogen and oxygen atoms in total. The molecule has 2 aromatic heterocycles. The molecule has 0 atom stereocenters. The van der Waals surface area contributed by atoms with Crippen LogP contribution in [0.2, 0.25) is 4.47 Å². The first-order valence-corrected chi connectivity index (χ1v) is 9.30. The lowest BCUT2D eigenvalue weighted by Crippen LogP contribution is -2.00. The lowest BCUT2D eigenvalue weighted by atomic mass is 10.1. The number of hydrogen-bond acceptors (Lipinski definition) is 4. The number of nitrogens with zero attached hydrogens (tertiary/aromatic N) is 3. The zero-order chi connectivity index (χ0) is 17.1. The van der Waals surface area contributed by atoms with E-state index in [0.29, 0.717) is 11.0 Å². The van der Waals surface area contributed by atoms with E-state index < -0.39 is 0 Å². The van der Waals surface area contributed by atoms with Gasteiger partial charge in [0.15, 0.2) is 4.47 Å². The molecule has 0 bridgehead atoms. The number of aromatic nitrogens is 3. The molecular weight excluding hydrogens is 352 g/mol. The Kier molecular flexibility index (Phi) is 4.68. The van der Waals surface area contributed by atoms with Crippen LogP contribution in [-0.2, 0) is 19.5 Å². The predicted molar refractivity (Wildman–Crippen MR) is 104 cm³/mol. The molecule has 4 aromatic rings. The van der Waals surface area contributed by atoms with Crippen LogP contribution < -0.4 is 5.32 Å². The van der Waals surface area contributed by atoms with Gasteiger partial charge in [-0.15, -0.1) is 11.3 Å². The summed E-state index contributed by atoms with van der Waals surface area (Å²) in [4.78, 5) is 9.71. The minimum Gasteiger partial charge on any atom is -0.380 e. The molecule has 0 radical (unpaired) electrons. The van der Waals surface area contributed by atoms with Crippen molar-refractivity contribution in [3.05, 3.63) is 76.0 Å². The fraction of sp³-hybridized carbons (Fsp3) is 0.158. The number of benzene rings is 2. The van der Waals surface area contributed by atoms with E-state index in [1.807, 2.05) is 12.4 Å². The monoisotopic (exact) mass is 368 g/mol. The maximum Gasteiger partial charge on any atom is 0.183 e. The number of thiazole rings is 1. The van der Waals surface area contributed by atoms with Crippen molar-refractivity contribution in [2.24, 2.45) is 0 Å². The quantitative estimate of drug-likeness (QED) is 0.520. The molecule has 0 fully saturated rings. The number of anilines is 1. The van der Waals surface area contributed by atoms with E-state index in [1.54, 1.807) is 6.20 Å². The van der Waals surface area contributed by atoms with Crippen LogP contribution in [0.4, 0.5) is 5.69 Å². The molecule has 126 valence electrons. The molecule has 1 N–H and O–H groups in total. The number of fused-ring (bicyclic) bond motifs is 1. The van der Waals surface area contributed by atoms with Crippen molar-refractivity contribution in [2.75, 3.05) is 5.32 Å². The van der Waals surface area contributed by atoms with Crippen molar-refractivity contribution in [1.82, 2.24) is 14.5 Å². The van der Waals surface area contributed by atoms with Crippen LogP contribution in [0.5, 0.6) is 0 Å². The molecular formula is C19H17ClN4S. The van der Waals surface area contributed by atoms with E-state index in [2.05, 4.69) is 62.3 Å². The van der Waals surface area contributed by atoms with Gasteiger partial charge in [0, 0.05) is 23.3 Å². The zero-order valence-electron chi connectivity index (χ0n) is 13.5. The van der Waals surface area contributed by atoms with E-state index in [1.165, 1.54) is 16.9 Å². The highest BCUT2D eigenvalue weighted by Gasteiger charge is 2.05. The fourth-order valence-electron chi connectivity index (χ4n) is 2.80. The molecule has 2 aromatic carbocycles. The Morgan fingerprint density at radius 3 is 2.76 bits per heavy atom. The number of hydrogen-bond donors (Lipinski definition) is 1. The van der Waals surface area contributed by atoms with Crippen LogP contribution in [-0.4, -0.2) is 14.5 Å². The molecule has 25 heavy (non-hydrogen) atoms. The molecule has 2 heterocycles. The number of aryl methyl sites for hydroxylation is 2. The number of imidazole rings is 1. The summed E-state index contributed by atoms with van der Waals surface area (Å²) in [5, 5.41) is 3.40. The second-order valence-electron chi connectivity index (χ2n) is 5.81. The lowest BCUT2D eigenvalue weighted by Gasteiger charge is -2.07. The number of rotatable bonds is 6. The Hall–Kier alpha value is -2.37. The van der Waals surface area contributed by atoms with Gasteiger partial charge < -0.3 is 9.88 Å². The molecule has 0 amide bonds. The van der Waals surface area contributed by atoms with Crippen molar-refractivity contribution < 1.29 is 0 Å². The van der Waals surface area contributed by atoms with E-state index in [4.69, 9.17) is 11.6 Å². The van der Waals surface area contributed by atoms with Gasteiger partial charge >= 0.3 is 0 Å². The Morgan fingerprint density at radius 1 is 1.08 bits per heavy atom. The molecule has 0 saturated heterocycles. The fourth-order valence-corrected chi connectivity index (χ4v) is 3.72. The van der Waals surface area contributed by atoms with Gasteiger partial charge in [-0.1, -0.05) is 41.9 Å². The molecule has 6 heteroatoms. The summed E-state index contributed by atoms with van der Waals surface area (Å²) in [5.74, 6) is 0. The predicted octanol–water partition coefficient (Wildman–Crippen LogP) is 5.00. The van der Waals surface area contributed by atoms with E-state index in [-0.39, 0.29) is 0 Å². The average Bonchev–Trinajstić information content (AvgIpc) is 3.24. The summed E-state index contributed by atoms with van der Waals surface area (Å²) >= 11 is 7.36. The molecule has 0 aliphatic heterocycles. The third kappa shape index (κ3) is 3.83. The SMILES string of the molecule is Clc1ncc(CNc2ccc3c(c2)ncn3CCc2ccccc2)s1. The maximum absolute atomic E-state index is 5.86. The van der Waals surface area contributed by atoms with Gasteiger partial charge in [0.05, 0.1) is 23.9 Å². The lowest BCUT2D eigenvalue weighted by molar-refractivity contribution is 0.716. The zero-order valence-corrected chi connectivity index (χ0v) is 15.1. The van der Waals surface area contributed by atoms with Crippen LogP contribution in [0.15, 0.2) is 61.1 Å². The van der Waals surface area contributed by atoms with Gasteiger partial charge in [0.25, 0.3) is 0 Å². The minimum atomic E-state index is 0.574. The van der Waals surface area contributed by atoms with Crippen molar-refractivity contribution in [1.29, 1.82) is 0 Å². The highest BCUT2D eigenvalue weighted by Crippen LogP contribution is 2.22. The summed E-state index contributed by atoms with van der Waals surface area (Å²) in [6.45, 7) is 1.64. The van der Waals surface area contributed by atoms with Crippen molar-refractivity contribution in [3.63, 3.8) is 0 Å². The highest BCUT2D eigenvalue weighted by molar-refractivity contribution is 7.15. The second-order valence-corrected chi connectivity index (χ2v) is 7.51. The Morgan fingerprint density at radius 2 is 1.96 bits per heavy atom. The van der Waals surface area contributed by atoms with Crippen LogP contribution in [0.25, 0.3) is 11.0 Å². The standard InChI is InChI=1S/C19H17ClN4S/c20-19-22-12-16(25-19)11-21-15-6-7-18-17(10-15)23-13-24(18)9-8-14-4-2-1-3-5-14/h1-7,10,12-13,21H,8-9,11H2. The summed E-state index contributed by atoms with van der Waals surface area (Å²) in [6, 6.07) is 16.8. The third-order valence-electron chi connectivity index (χ3n) is 4.10. The van der Waals surface area contributed by atoms with Crippen molar-refractivity contribution >= 4 is 39.7 Å². The average molecular weight is 369 g/mol. The first kappa shape index (κ1) is 16.1. The molecule has 0 unspecified atom stereocenters. The normalized spacial score (nSPS) is 11.1. The smallest absolute Gasteiger partial charge is 0.183 e. The van der Waals surface area contributed by atoms with E-state index in [0.717, 1.165) is 34.6 Å². The number of nitrogens with one attached hydrogen (secondary N) is 1. The molecule has 4 rings (SSSR count). The summed E-state index contributed by atoms with van der Waals surface area (Å²) in [5.41, 5.74) is 4.54. The summed E-state index contributed by atoms with van der Waals surface area (Å²) < 4.78 is 2.78. The Bertz CT molecular complexity index is 977. The van der Waals surface area contributed by atoms with Gasteiger partial charge in [-0.25, -0.2) is 9.97 Å². The van der Waals surface area contributed by atoms with Gasteiger partial charge in [-0.2, -0.15) is 0 Å². The van der Waals surface area contributed by atoms with Gasteiger partial charge in [0.2, 0.25) is 0 Å². The van der Waals surface area contributed by atoms with Crippen LogP contribution in [0.3, 0.4) is 0 Å². The maximum atomic E-state index is 5.86. The molecule has 0 aliphatic rings.